The van der Waals surface area contributed by atoms with Crippen LogP contribution in [0.1, 0.15) is 10.5 Å². The summed E-state index contributed by atoms with van der Waals surface area (Å²) in [6.45, 7) is 4.78. The normalized spacial score (nSPS) is 15.0. The van der Waals surface area contributed by atoms with E-state index in [1.54, 1.807) is 30.5 Å². The minimum atomic E-state index is -0.210. The van der Waals surface area contributed by atoms with Crippen LogP contribution in [0.15, 0.2) is 30.5 Å². The first kappa shape index (κ1) is 19.0. The van der Waals surface area contributed by atoms with Gasteiger partial charge in [-0.25, -0.2) is 4.68 Å². The fourth-order valence-electron chi connectivity index (χ4n) is 2.53. The summed E-state index contributed by atoms with van der Waals surface area (Å²) in [6, 6.07) is 6.80. The highest BCUT2D eigenvalue weighted by atomic mass is 35.5. The first-order chi connectivity index (χ1) is 12.6. The highest BCUT2D eigenvalue weighted by Crippen LogP contribution is 2.31. The van der Waals surface area contributed by atoms with Crippen molar-refractivity contribution in [3.63, 3.8) is 0 Å². The Morgan fingerprint density at radius 2 is 2.08 bits per heavy atom. The predicted octanol–water partition coefficient (Wildman–Crippen LogP) is 2.29. The van der Waals surface area contributed by atoms with Crippen LogP contribution in [0.3, 0.4) is 0 Å². The molecule has 1 aromatic carbocycles. The van der Waals surface area contributed by atoms with Gasteiger partial charge in [-0.3, -0.25) is 9.69 Å². The smallest absolute Gasteiger partial charge is 0.271 e. The van der Waals surface area contributed by atoms with Gasteiger partial charge in [0, 0.05) is 32.4 Å². The Morgan fingerprint density at radius 1 is 1.27 bits per heavy atom. The van der Waals surface area contributed by atoms with Gasteiger partial charge < -0.3 is 14.8 Å². The number of nitrogens with zero attached hydrogens (tertiary/aromatic N) is 3. The third-order valence-corrected chi connectivity index (χ3v) is 4.76. The number of benzene rings is 1. The number of halogens is 2. The molecule has 1 fully saturated rings. The minimum absolute atomic E-state index is 0.126. The van der Waals surface area contributed by atoms with Crippen molar-refractivity contribution in [2.45, 2.75) is 6.73 Å². The number of aromatic nitrogens is 2. The Hall–Kier alpha value is -1.80. The molecule has 0 spiro atoms. The lowest BCUT2D eigenvalue weighted by molar-refractivity contribution is 0.0383. The second-order valence-electron chi connectivity index (χ2n) is 5.78. The second-order valence-corrected chi connectivity index (χ2v) is 6.56. The van der Waals surface area contributed by atoms with E-state index in [1.165, 1.54) is 4.68 Å². The van der Waals surface area contributed by atoms with Gasteiger partial charge >= 0.3 is 0 Å². The molecule has 9 heteroatoms. The fraction of sp³-hybridized carbons (Fsp3) is 0.412. The fourth-order valence-corrected chi connectivity index (χ4v) is 2.88. The number of hydrogen-bond donors (Lipinski definition) is 1. The maximum absolute atomic E-state index is 12.2. The molecule has 0 atom stereocenters. The summed E-state index contributed by atoms with van der Waals surface area (Å²) in [4.78, 5) is 14.4. The van der Waals surface area contributed by atoms with Crippen molar-refractivity contribution in [2.75, 3.05) is 39.4 Å². The summed E-state index contributed by atoms with van der Waals surface area (Å²) in [5.41, 5.74) is 0.341. The van der Waals surface area contributed by atoms with Gasteiger partial charge in [0.15, 0.2) is 6.73 Å². The molecule has 0 bridgehead atoms. The Bertz CT molecular complexity index is 747. The largest absolute Gasteiger partial charge is 0.470 e. The molecule has 1 aliphatic heterocycles. The number of ether oxygens (including phenoxy) is 2. The van der Waals surface area contributed by atoms with Gasteiger partial charge in [0.1, 0.15) is 16.5 Å². The second kappa shape index (κ2) is 9.23. The number of amides is 1. The molecule has 7 nitrogen and oxygen atoms in total. The summed E-state index contributed by atoms with van der Waals surface area (Å²) in [6.07, 6.45) is 1.68. The SMILES string of the molecule is O=C(NCCN1CCOCC1)c1ccn(COc2cccc(Cl)c2Cl)n1. The average Bonchev–Trinajstić information content (AvgIpc) is 3.13. The van der Waals surface area contributed by atoms with E-state index >= 15 is 0 Å². The number of carbonyl (C=O) groups excluding carboxylic acids is 1. The van der Waals surface area contributed by atoms with E-state index in [0.29, 0.717) is 28.0 Å². The molecule has 0 aliphatic carbocycles. The molecule has 1 aliphatic rings. The minimum Gasteiger partial charge on any atom is -0.470 e. The molecule has 2 aromatic rings. The highest BCUT2D eigenvalue weighted by molar-refractivity contribution is 6.42. The molecule has 1 amide bonds. The third-order valence-electron chi connectivity index (χ3n) is 3.96. The van der Waals surface area contributed by atoms with Crippen molar-refractivity contribution < 1.29 is 14.3 Å². The molecule has 0 unspecified atom stereocenters. The Balaban J connectivity index is 1.46. The summed E-state index contributed by atoms with van der Waals surface area (Å²) in [5, 5.41) is 7.86. The van der Waals surface area contributed by atoms with Gasteiger partial charge in [0.05, 0.1) is 18.2 Å². The Morgan fingerprint density at radius 3 is 2.88 bits per heavy atom. The molecule has 26 heavy (non-hydrogen) atoms. The molecular weight excluding hydrogens is 379 g/mol. The van der Waals surface area contributed by atoms with Crippen molar-refractivity contribution in [3.05, 3.63) is 46.2 Å². The van der Waals surface area contributed by atoms with Gasteiger partial charge in [0.2, 0.25) is 0 Å². The standard InChI is InChI=1S/C17H20Cl2N4O3/c18-13-2-1-3-15(16(13)19)26-12-23-6-4-14(21-23)17(24)20-5-7-22-8-10-25-11-9-22/h1-4,6H,5,7-12H2,(H,20,24). The van der Waals surface area contributed by atoms with Crippen LogP contribution in [-0.4, -0.2) is 60.0 Å². The van der Waals surface area contributed by atoms with Crippen LogP contribution in [0.2, 0.25) is 10.0 Å². The van der Waals surface area contributed by atoms with Crippen LogP contribution < -0.4 is 10.1 Å². The monoisotopic (exact) mass is 398 g/mol. The van der Waals surface area contributed by atoms with Gasteiger partial charge in [-0.2, -0.15) is 5.10 Å². The predicted molar refractivity (Wildman–Crippen MR) is 98.9 cm³/mol. The number of carbonyl (C=O) groups is 1. The molecule has 0 radical (unpaired) electrons. The van der Waals surface area contributed by atoms with Crippen molar-refractivity contribution in [1.82, 2.24) is 20.0 Å². The Kier molecular flexibility index (Phi) is 6.73. The van der Waals surface area contributed by atoms with Crippen molar-refractivity contribution in [3.8, 4) is 5.75 Å². The van der Waals surface area contributed by atoms with Crippen molar-refractivity contribution >= 4 is 29.1 Å². The van der Waals surface area contributed by atoms with E-state index in [9.17, 15) is 4.79 Å². The van der Waals surface area contributed by atoms with E-state index in [1.807, 2.05) is 0 Å². The van der Waals surface area contributed by atoms with Gasteiger partial charge in [-0.1, -0.05) is 29.3 Å². The zero-order valence-corrected chi connectivity index (χ0v) is 15.7. The van der Waals surface area contributed by atoms with Gasteiger partial charge in [-0.05, 0) is 18.2 Å². The number of hydrogen-bond acceptors (Lipinski definition) is 5. The summed E-state index contributed by atoms with van der Waals surface area (Å²) in [7, 11) is 0. The van der Waals surface area contributed by atoms with E-state index in [-0.39, 0.29) is 12.6 Å². The molecule has 2 heterocycles. The maximum Gasteiger partial charge on any atom is 0.271 e. The van der Waals surface area contributed by atoms with Crippen LogP contribution in [0.25, 0.3) is 0 Å². The van der Waals surface area contributed by atoms with Crippen LogP contribution in [0.5, 0.6) is 5.75 Å². The number of rotatable bonds is 7. The number of nitrogens with one attached hydrogen (secondary N) is 1. The van der Waals surface area contributed by atoms with E-state index < -0.39 is 0 Å². The van der Waals surface area contributed by atoms with Crippen LogP contribution in [0.4, 0.5) is 0 Å². The van der Waals surface area contributed by atoms with Crippen molar-refractivity contribution in [1.29, 1.82) is 0 Å². The molecule has 0 saturated carbocycles. The molecular formula is C17H20Cl2N4O3. The lowest BCUT2D eigenvalue weighted by Crippen LogP contribution is -2.41. The van der Waals surface area contributed by atoms with Crippen LogP contribution >= 0.6 is 23.2 Å². The quantitative estimate of drug-likeness (QED) is 0.774. The third kappa shape index (κ3) is 5.11. The number of morpholine rings is 1. The van der Waals surface area contributed by atoms with Gasteiger partial charge in [-0.15, -0.1) is 0 Å². The topological polar surface area (TPSA) is 68.6 Å². The molecule has 3 rings (SSSR count). The van der Waals surface area contributed by atoms with E-state index in [2.05, 4.69) is 15.3 Å². The van der Waals surface area contributed by atoms with Crippen LogP contribution in [-0.2, 0) is 11.5 Å². The summed E-state index contributed by atoms with van der Waals surface area (Å²) < 4.78 is 12.4. The van der Waals surface area contributed by atoms with Crippen LogP contribution in [0, 0.1) is 0 Å². The molecule has 1 aromatic heterocycles. The summed E-state index contributed by atoms with van der Waals surface area (Å²) >= 11 is 12.0. The average molecular weight is 399 g/mol. The molecule has 1 N–H and O–H groups in total. The van der Waals surface area contributed by atoms with Crippen molar-refractivity contribution in [2.24, 2.45) is 0 Å². The Labute approximate surface area is 161 Å². The first-order valence-electron chi connectivity index (χ1n) is 8.32. The lowest BCUT2D eigenvalue weighted by atomic mass is 10.3. The van der Waals surface area contributed by atoms with E-state index in [0.717, 1.165) is 32.8 Å². The zero-order chi connectivity index (χ0) is 18.4. The van der Waals surface area contributed by atoms with Gasteiger partial charge in [0.25, 0.3) is 5.91 Å². The maximum atomic E-state index is 12.2. The highest BCUT2D eigenvalue weighted by Gasteiger charge is 2.13. The summed E-state index contributed by atoms with van der Waals surface area (Å²) in [5.74, 6) is 0.254. The molecule has 1 saturated heterocycles. The zero-order valence-electron chi connectivity index (χ0n) is 14.2. The lowest BCUT2D eigenvalue weighted by Gasteiger charge is -2.26. The first-order valence-corrected chi connectivity index (χ1v) is 9.07. The van der Waals surface area contributed by atoms with E-state index in [4.69, 9.17) is 32.7 Å². The molecule has 140 valence electrons.